The highest BCUT2D eigenvalue weighted by Crippen LogP contribution is 2.25. The van der Waals surface area contributed by atoms with Crippen molar-refractivity contribution >= 4 is 53.6 Å². The first kappa shape index (κ1) is 19.3. The molecule has 0 aromatic heterocycles. The number of amides is 3. The summed E-state index contributed by atoms with van der Waals surface area (Å²) in [5.41, 5.74) is 0. The van der Waals surface area contributed by atoms with E-state index in [1.165, 1.54) is 23.5 Å². The van der Waals surface area contributed by atoms with E-state index in [-0.39, 0.29) is 42.5 Å². The molecule has 0 aromatic carbocycles. The summed E-state index contributed by atoms with van der Waals surface area (Å²) in [5.74, 6) is 1.80. The second-order valence-electron chi connectivity index (χ2n) is 4.99. The number of imide groups is 1. The van der Waals surface area contributed by atoms with Crippen LogP contribution in [0.15, 0.2) is 4.99 Å². The summed E-state index contributed by atoms with van der Waals surface area (Å²) in [4.78, 5) is 28.6. The third kappa shape index (κ3) is 5.82. The number of carbonyl (C=O) groups is 2. The smallest absolute Gasteiger partial charge is 0.324 e. The fourth-order valence-electron chi connectivity index (χ4n) is 2.29. The molecule has 0 aliphatic carbocycles. The second kappa shape index (κ2) is 10.1. The Hall–Kier alpha value is -0.710. The monoisotopic (exact) mass is 441 g/mol. The molecule has 0 spiro atoms. The summed E-state index contributed by atoms with van der Waals surface area (Å²) >= 11 is 1.98. The van der Waals surface area contributed by atoms with E-state index in [1.54, 1.807) is 0 Å². The zero-order chi connectivity index (χ0) is 15.1. The first-order valence-electron chi connectivity index (χ1n) is 7.42. The van der Waals surface area contributed by atoms with E-state index in [9.17, 15) is 9.59 Å². The largest absolute Gasteiger partial charge is 0.357 e. The Morgan fingerprint density at radius 3 is 2.86 bits per heavy atom. The lowest BCUT2D eigenvalue weighted by Gasteiger charge is -2.15. The SMILES string of the molecule is CCNC(=NCC1CCCS1)NCCN1C(=O)CNC1=O.I. The maximum atomic E-state index is 11.5. The minimum absolute atomic E-state index is 0. The van der Waals surface area contributed by atoms with Gasteiger partial charge in [0.2, 0.25) is 5.91 Å². The number of thioether (sulfide) groups is 1. The molecular weight excluding hydrogens is 417 g/mol. The van der Waals surface area contributed by atoms with Crippen molar-refractivity contribution in [3.05, 3.63) is 0 Å². The Labute approximate surface area is 152 Å². The van der Waals surface area contributed by atoms with E-state index in [1.807, 2.05) is 18.7 Å². The first-order valence-corrected chi connectivity index (χ1v) is 8.47. The standard InChI is InChI=1S/C13H23N5O2S.HI/c1-2-14-12(16-8-10-4-3-7-21-10)15-5-6-18-11(19)9-17-13(18)20;/h10H,2-9H2,1H3,(H,17,20)(H2,14,15,16);1H. The lowest BCUT2D eigenvalue weighted by molar-refractivity contribution is -0.124. The van der Waals surface area contributed by atoms with Crippen molar-refractivity contribution in [3.8, 4) is 0 Å². The zero-order valence-electron chi connectivity index (χ0n) is 12.8. The molecule has 22 heavy (non-hydrogen) atoms. The van der Waals surface area contributed by atoms with Gasteiger partial charge in [0.25, 0.3) is 0 Å². The van der Waals surface area contributed by atoms with Crippen LogP contribution in [0.4, 0.5) is 4.79 Å². The Morgan fingerprint density at radius 1 is 1.45 bits per heavy atom. The fraction of sp³-hybridized carbons (Fsp3) is 0.769. The number of rotatable bonds is 6. The Balaban J connectivity index is 0.00000242. The topological polar surface area (TPSA) is 85.8 Å². The molecule has 2 fully saturated rings. The van der Waals surface area contributed by atoms with Crippen molar-refractivity contribution in [2.45, 2.75) is 25.0 Å². The molecule has 0 saturated carbocycles. The molecule has 2 heterocycles. The van der Waals surface area contributed by atoms with Crippen molar-refractivity contribution < 1.29 is 9.59 Å². The summed E-state index contributed by atoms with van der Waals surface area (Å²) in [6, 6.07) is -0.314. The van der Waals surface area contributed by atoms with E-state index >= 15 is 0 Å². The van der Waals surface area contributed by atoms with Crippen LogP contribution in [0.25, 0.3) is 0 Å². The molecule has 2 rings (SSSR count). The lowest BCUT2D eigenvalue weighted by Crippen LogP contribution is -2.43. The molecule has 7 nitrogen and oxygen atoms in total. The number of carbonyl (C=O) groups excluding carboxylic acids is 2. The molecule has 0 radical (unpaired) electrons. The fourth-order valence-corrected chi connectivity index (χ4v) is 3.47. The number of nitrogens with one attached hydrogen (secondary N) is 3. The van der Waals surface area contributed by atoms with Gasteiger partial charge in [-0.15, -0.1) is 24.0 Å². The van der Waals surface area contributed by atoms with E-state index in [0.717, 1.165) is 19.0 Å². The molecule has 2 saturated heterocycles. The van der Waals surface area contributed by atoms with Gasteiger partial charge in [-0.25, -0.2) is 4.79 Å². The molecular formula is C13H24IN5O2S. The number of hydrogen-bond donors (Lipinski definition) is 3. The van der Waals surface area contributed by atoms with Gasteiger partial charge in [-0.2, -0.15) is 11.8 Å². The number of urea groups is 1. The van der Waals surface area contributed by atoms with Gasteiger partial charge in [0, 0.05) is 24.9 Å². The Bertz CT molecular complexity index is 399. The van der Waals surface area contributed by atoms with Crippen LogP contribution in [-0.4, -0.2) is 66.5 Å². The number of aliphatic imine (C=N–C) groups is 1. The normalized spacial score (nSPS) is 21.6. The molecule has 126 valence electrons. The molecule has 3 amide bonds. The molecule has 9 heteroatoms. The third-order valence-corrected chi connectivity index (χ3v) is 4.77. The zero-order valence-corrected chi connectivity index (χ0v) is 15.9. The van der Waals surface area contributed by atoms with Crippen LogP contribution >= 0.6 is 35.7 Å². The van der Waals surface area contributed by atoms with E-state index in [4.69, 9.17) is 0 Å². The predicted octanol–water partition coefficient (Wildman–Crippen LogP) is 0.607. The van der Waals surface area contributed by atoms with Crippen LogP contribution in [0.5, 0.6) is 0 Å². The van der Waals surface area contributed by atoms with Gasteiger partial charge in [-0.1, -0.05) is 0 Å². The quantitative estimate of drug-likeness (QED) is 0.244. The molecule has 0 bridgehead atoms. The average molecular weight is 441 g/mol. The van der Waals surface area contributed by atoms with Gasteiger partial charge in [-0.3, -0.25) is 14.7 Å². The maximum Gasteiger partial charge on any atom is 0.324 e. The van der Waals surface area contributed by atoms with Gasteiger partial charge in [-0.05, 0) is 25.5 Å². The molecule has 1 unspecified atom stereocenters. The third-order valence-electron chi connectivity index (χ3n) is 3.39. The average Bonchev–Trinajstić information content (AvgIpc) is 3.09. The summed E-state index contributed by atoms with van der Waals surface area (Å²) < 4.78 is 0. The van der Waals surface area contributed by atoms with E-state index in [0.29, 0.717) is 18.3 Å². The molecule has 2 aliphatic rings. The molecule has 2 aliphatic heterocycles. The number of nitrogens with zero attached hydrogens (tertiary/aromatic N) is 2. The molecule has 1 atom stereocenters. The van der Waals surface area contributed by atoms with Crippen LogP contribution in [0.3, 0.4) is 0 Å². The summed E-state index contributed by atoms with van der Waals surface area (Å²) in [6.07, 6.45) is 2.51. The van der Waals surface area contributed by atoms with Crippen LogP contribution in [0.1, 0.15) is 19.8 Å². The van der Waals surface area contributed by atoms with Gasteiger partial charge in [0.05, 0.1) is 13.1 Å². The van der Waals surface area contributed by atoms with Crippen LogP contribution in [0, 0.1) is 0 Å². The predicted molar refractivity (Wildman–Crippen MR) is 100.0 cm³/mol. The highest BCUT2D eigenvalue weighted by molar-refractivity contribution is 14.0. The summed E-state index contributed by atoms with van der Waals surface area (Å²) in [7, 11) is 0. The summed E-state index contributed by atoms with van der Waals surface area (Å²) in [5, 5.41) is 9.47. The van der Waals surface area contributed by atoms with Crippen LogP contribution < -0.4 is 16.0 Å². The number of halogens is 1. The summed E-state index contributed by atoms with van der Waals surface area (Å²) in [6.45, 7) is 4.57. The first-order chi connectivity index (χ1) is 10.2. The van der Waals surface area contributed by atoms with E-state index < -0.39 is 0 Å². The van der Waals surface area contributed by atoms with Gasteiger partial charge in [0.1, 0.15) is 0 Å². The van der Waals surface area contributed by atoms with Crippen molar-refractivity contribution in [2.24, 2.45) is 4.99 Å². The minimum atomic E-state index is -0.314. The van der Waals surface area contributed by atoms with Gasteiger partial charge in [0.15, 0.2) is 5.96 Å². The maximum absolute atomic E-state index is 11.5. The number of hydrogen-bond acceptors (Lipinski definition) is 4. The second-order valence-corrected chi connectivity index (χ2v) is 6.39. The van der Waals surface area contributed by atoms with Gasteiger partial charge < -0.3 is 16.0 Å². The van der Waals surface area contributed by atoms with Crippen molar-refractivity contribution in [1.82, 2.24) is 20.9 Å². The Morgan fingerprint density at radius 2 is 2.27 bits per heavy atom. The number of guanidine groups is 1. The van der Waals surface area contributed by atoms with Gasteiger partial charge >= 0.3 is 6.03 Å². The lowest BCUT2D eigenvalue weighted by atomic mass is 10.2. The van der Waals surface area contributed by atoms with Crippen LogP contribution in [0.2, 0.25) is 0 Å². The minimum Gasteiger partial charge on any atom is -0.357 e. The highest BCUT2D eigenvalue weighted by Gasteiger charge is 2.27. The molecule has 0 aromatic rings. The van der Waals surface area contributed by atoms with Crippen molar-refractivity contribution in [3.63, 3.8) is 0 Å². The van der Waals surface area contributed by atoms with Crippen molar-refractivity contribution in [1.29, 1.82) is 0 Å². The highest BCUT2D eigenvalue weighted by atomic mass is 127. The van der Waals surface area contributed by atoms with Crippen LogP contribution in [-0.2, 0) is 4.79 Å². The van der Waals surface area contributed by atoms with E-state index in [2.05, 4.69) is 20.9 Å². The van der Waals surface area contributed by atoms with Crippen molar-refractivity contribution in [2.75, 3.05) is 38.5 Å². The Kier molecular flexibility index (Phi) is 8.91. The molecule has 3 N–H and O–H groups in total.